The van der Waals surface area contributed by atoms with Crippen molar-refractivity contribution in [2.24, 2.45) is 0 Å². The Labute approximate surface area is 124 Å². The van der Waals surface area contributed by atoms with Crippen LogP contribution in [0.4, 0.5) is 0 Å². The van der Waals surface area contributed by atoms with Crippen molar-refractivity contribution in [3.05, 3.63) is 41.0 Å². The fourth-order valence-electron chi connectivity index (χ4n) is 2.47. The van der Waals surface area contributed by atoms with Crippen LogP contribution in [-0.2, 0) is 4.79 Å². The number of ketones is 2. The van der Waals surface area contributed by atoms with Crippen molar-refractivity contribution in [1.82, 2.24) is 5.32 Å². The maximum atomic E-state index is 12.1. The third-order valence-corrected chi connectivity index (χ3v) is 3.70. The van der Waals surface area contributed by atoms with Gasteiger partial charge in [0.2, 0.25) is 11.6 Å². The van der Waals surface area contributed by atoms with Crippen molar-refractivity contribution in [3.8, 4) is 0 Å². The van der Waals surface area contributed by atoms with E-state index in [0.717, 1.165) is 19.4 Å². The van der Waals surface area contributed by atoms with E-state index in [1.165, 1.54) is 12.8 Å². The second-order valence-electron chi connectivity index (χ2n) is 5.27. The SMILES string of the molecule is CCCCCCNCC1=C(O)c2ccccc2C(=O)C1=O. The van der Waals surface area contributed by atoms with E-state index in [1.807, 2.05) is 0 Å². The first kappa shape index (κ1) is 15.4. The minimum absolute atomic E-state index is 0.0729. The van der Waals surface area contributed by atoms with E-state index in [1.54, 1.807) is 24.3 Å². The molecule has 0 amide bonds. The summed E-state index contributed by atoms with van der Waals surface area (Å²) < 4.78 is 0. The molecule has 0 saturated heterocycles. The summed E-state index contributed by atoms with van der Waals surface area (Å²) in [7, 11) is 0. The topological polar surface area (TPSA) is 66.4 Å². The highest BCUT2D eigenvalue weighted by molar-refractivity contribution is 6.52. The molecule has 2 N–H and O–H groups in total. The monoisotopic (exact) mass is 287 g/mol. The van der Waals surface area contributed by atoms with Crippen molar-refractivity contribution < 1.29 is 14.7 Å². The molecule has 1 aromatic rings. The molecule has 1 aromatic carbocycles. The number of aliphatic hydroxyl groups is 1. The lowest BCUT2D eigenvalue weighted by molar-refractivity contribution is -0.112. The molecule has 0 radical (unpaired) electrons. The van der Waals surface area contributed by atoms with Gasteiger partial charge in [-0.1, -0.05) is 50.5 Å². The van der Waals surface area contributed by atoms with Gasteiger partial charge in [0.05, 0.1) is 5.57 Å². The van der Waals surface area contributed by atoms with Crippen LogP contribution in [-0.4, -0.2) is 29.8 Å². The molecule has 0 aromatic heterocycles. The molecule has 112 valence electrons. The maximum Gasteiger partial charge on any atom is 0.234 e. The first-order valence-corrected chi connectivity index (χ1v) is 7.48. The molecular formula is C17H21NO3. The molecule has 21 heavy (non-hydrogen) atoms. The minimum atomic E-state index is -0.604. The summed E-state index contributed by atoms with van der Waals surface area (Å²) in [5, 5.41) is 13.4. The van der Waals surface area contributed by atoms with Crippen LogP contribution < -0.4 is 5.32 Å². The number of carbonyl (C=O) groups is 2. The smallest absolute Gasteiger partial charge is 0.234 e. The second kappa shape index (κ2) is 7.18. The number of carbonyl (C=O) groups excluding carboxylic acids is 2. The average molecular weight is 287 g/mol. The Kier molecular flexibility index (Phi) is 5.28. The second-order valence-corrected chi connectivity index (χ2v) is 5.27. The zero-order chi connectivity index (χ0) is 15.2. The summed E-state index contributed by atoms with van der Waals surface area (Å²) >= 11 is 0. The summed E-state index contributed by atoms with van der Waals surface area (Å²) in [6, 6.07) is 6.67. The van der Waals surface area contributed by atoms with Crippen LogP contribution in [0.2, 0.25) is 0 Å². The van der Waals surface area contributed by atoms with Crippen LogP contribution in [0.5, 0.6) is 0 Å². The standard InChI is InChI=1S/C17H21NO3/c1-2-3-4-7-10-18-11-14-15(19)12-8-5-6-9-13(12)16(20)17(14)21/h5-6,8-9,18-19H,2-4,7,10-11H2,1H3. The van der Waals surface area contributed by atoms with Crippen LogP contribution >= 0.6 is 0 Å². The zero-order valence-electron chi connectivity index (χ0n) is 12.3. The molecule has 0 unspecified atom stereocenters. The Morgan fingerprint density at radius 1 is 1.00 bits per heavy atom. The normalized spacial score (nSPS) is 14.5. The molecule has 0 aliphatic heterocycles. The Balaban J connectivity index is 2.05. The van der Waals surface area contributed by atoms with E-state index in [0.29, 0.717) is 5.56 Å². The fraction of sp³-hybridized carbons (Fsp3) is 0.412. The van der Waals surface area contributed by atoms with Crippen molar-refractivity contribution in [2.45, 2.75) is 32.6 Å². The number of rotatable bonds is 7. The average Bonchev–Trinajstić information content (AvgIpc) is 2.51. The lowest BCUT2D eigenvalue weighted by atomic mass is 9.88. The Hall–Kier alpha value is -1.94. The molecule has 0 spiro atoms. The summed E-state index contributed by atoms with van der Waals surface area (Å²) in [5.74, 6) is -1.21. The van der Waals surface area contributed by atoms with E-state index in [9.17, 15) is 14.7 Å². The van der Waals surface area contributed by atoms with Crippen LogP contribution in [0.25, 0.3) is 5.76 Å². The number of hydrogen-bond acceptors (Lipinski definition) is 4. The first-order valence-electron chi connectivity index (χ1n) is 7.48. The molecule has 1 aliphatic rings. The quantitative estimate of drug-likeness (QED) is 0.598. The van der Waals surface area contributed by atoms with Gasteiger partial charge in [-0.25, -0.2) is 0 Å². The van der Waals surface area contributed by atoms with E-state index in [4.69, 9.17) is 0 Å². The molecule has 0 heterocycles. The highest BCUT2D eigenvalue weighted by Crippen LogP contribution is 2.27. The number of fused-ring (bicyclic) bond motifs is 1. The Bertz CT molecular complexity index is 575. The lowest BCUT2D eigenvalue weighted by Gasteiger charge is -2.18. The Morgan fingerprint density at radius 3 is 2.43 bits per heavy atom. The fourth-order valence-corrected chi connectivity index (χ4v) is 2.47. The molecular weight excluding hydrogens is 266 g/mol. The zero-order valence-corrected chi connectivity index (χ0v) is 12.3. The van der Waals surface area contributed by atoms with Crippen molar-refractivity contribution in [1.29, 1.82) is 0 Å². The number of aliphatic hydroxyl groups excluding tert-OH is 1. The van der Waals surface area contributed by atoms with Gasteiger partial charge >= 0.3 is 0 Å². The molecule has 1 aliphatic carbocycles. The van der Waals surface area contributed by atoms with Gasteiger partial charge in [0.15, 0.2) is 0 Å². The van der Waals surface area contributed by atoms with E-state index >= 15 is 0 Å². The molecule has 4 nitrogen and oxygen atoms in total. The van der Waals surface area contributed by atoms with Crippen LogP contribution in [0.3, 0.4) is 0 Å². The number of nitrogens with one attached hydrogen (secondary N) is 1. The first-order chi connectivity index (χ1) is 10.2. The molecule has 0 bridgehead atoms. The van der Waals surface area contributed by atoms with Gasteiger partial charge in [-0.05, 0) is 13.0 Å². The van der Waals surface area contributed by atoms with Gasteiger partial charge < -0.3 is 10.4 Å². The van der Waals surface area contributed by atoms with Crippen LogP contribution in [0.1, 0.15) is 48.5 Å². The van der Waals surface area contributed by atoms with Gasteiger partial charge in [-0.3, -0.25) is 9.59 Å². The molecule has 4 heteroatoms. The van der Waals surface area contributed by atoms with Gasteiger partial charge in [0.1, 0.15) is 5.76 Å². The summed E-state index contributed by atoms with van der Waals surface area (Å²) in [6.45, 7) is 3.16. The van der Waals surface area contributed by atoms with Crippen LogP contribution in [0.15, 0.2) is 29.8 Å². The summed E-state index contributed by atoms with van der Waals surface area (Å²) in [5.41, 5.74) is 0.908. The van der Waals surface area contributed by atoms with Crippen LogP contribution in [0, 0.1) is 0 Å². The molecule has 0 fully saturated rings. The number of hydrogen-bond donors (Lipinski definition) is 2. The van der Waals surface area contributed by atoms with Gasteiger partial charge in [0, 0.05) is 17.7 Å². The molecule has 0 atom stereocenters. The number of Topliss-reactive ketones (excluding diaryl/α,β-unsaturated/α-hetero) is 2. The molecule has 0 saturated carbocycles. The predicted molar refractivity (Wildman–Crippen MR) is 82.3 cm³/mol. The summed E-state index contributed by atoms with van der Waals surface area (Å²) in [4.78, 5) is 24.1. The maximum absolute atomic E-state index is 12.1. The highest BCUT2D eigenvalue weighted by atomic mass is 16.3. The predicted octanol–water partition coefficient (Wildman–Crippen LogP) is 2.89. The van der Waals surface area contributed by atoms with Crippen molar-refractivity contribution in [3.63, 3.8) is 0 Å². The summed E-state index contributed by atoms with van der Waals surface area (Å²) in [6.07, 6.45) is 4.54. The third kappa shape index (κ3) is 3.39. The van der Waals surface area contributed by atoms with Gasteiger partial charge in [-0.2, -0.15) is 0 Å². The number of unbranched alkanes of at least 4 members (excludes halogenated alkanes) is 3. The molecule has 2 rings (SSSR count). The van der Waals surface area contributed by atoms with E-state index in [2.05, 4.69) is 12.2 Å². The minimum Gasteiger partial charge on any atom is -0.507 e. The van der Waals surface area contributed by atoms with Gasteiger partial charge in [-0.15, -0.1) is 0 Å². The number of benzene rings is 1. The Morgan fingerprint density at radius 2 is 1.71 bits per heavy atom. The lowest BCUT2D eigenvalue weighted by Crippen LogP contribution is -2.30. The highest BCUT2D eigenvalue weighted by Gasteiger charge is 2.31. The van der Waals surface area contributed by atoms with E-state index in [-0.39, 0.29) is 23.4 Å². The van der Waals surface area contributed by atoms with Crippen molar-refractivity contribution in [2.75, 3.05) is 13.1 Å². The van der Waals surface area contributed by atoms with E-state index < -0.39 is 11.6 Å². The third-order valence-electron chi connectivity index (χ3n) is 3.70. The van der Waals surface area contributed by atoms with Crippen molar-refractivity contribution >= 4 is 17.3 Å². The largest absolute Gasteiger partial charge is 0.507 e. The van der Waals surface area contributed by atoms with Gasteiger partial charge in [0.25, 0.3) is 0 Å².